The molecule has 0 bridgehead atoms. The summed E-state index contributed by atoms with van der Waals surface area (Å²) in [6, 6.07) is 13.4. The molecular weight excluding hydrogens is 238 g/mol. The fourth-order valence-corrected chi connectivity index (χ4v) is 2.51. The van der Waals surface area contributed by atoms with E-state index in [-0.39, 0.29) is 11.5 Å². The summed E-state index contributed by atoms with van der Waals surface area (Å²) in [5.41, 5.74) is 1.36. The summed E-state index contributed by atoms with van der Waals surface area (Å²) in [4.78, 5) is 11.3. The zero-order valence-electron chi connectivity index (χ0n) is 11.5. The largest absolute Gasteiger partial charge is 0.477 e. The number of carbonyl (C=O) groups is 1. The maximum Gasteiger partial charge on any atom is 0.352 e. The highest BCUT2D eigenvalue weighted by atomic mass is 16.4. The lowest BCUT2D eigenvalue weighted by Crippen LogP contribution is -2.27. The monoisotopic (exact) mass is 257 g/mol. The Labute approximate surface area is 113 Å². The van der Waals surface area contributed by atoms with Crippen LogP contribution in [0.25, 0.3) is 0 Å². The second-order valence-corrected chi connectivity index (χ2v) is 5.79. The molecule has 2 aromatic rings. The zero-order valence-corrected chi connectivity index (χ0v) is 11.5. The standard InChI is InChI=1S/C16H19NO2/c1-16(2,3)14(12-8-5-4-6-9-12)17-11-7-10-13(17)15(18)19/h4-11,14H,1-3H3,(H,18,19). The van der Waals surface area contributed by atoms with Crippen LogP contribution < -0.4 is 0 Å². The number of hydrogen-bond donors (Lipinski definition) is 1. The number of carboxylic acid groups (broad SMARTS) is 1. The molecule has 1 unspecified atom stereocenters. The second kappa shape index (κ2) is 4.92. The molecule has 1 heterocycles. The molecule has 0 aliphatic heterocycles. The second-order valence-electron chi connectivity index (χ2n) is 5.79. The van der Waals surface area contributed by atoms with E-state index in [2.05, 4.69) is 20.8 Å². The number of hydrogen-bond acceptors (Lipinski definition) is 1. The molecule has 0 fully saturated rings. The number of aromatic carboxylic acids is 1. The first-order valence-electron chi connectivity index (χ1n) is 6.36. The summed E-state index contributed by atoms with van der Waals surface area (Å²) in [5.74, 6) is -0.893. The van der Waals surface area contributed by atoms with Crippen LogP contribution in [0.2, 0.25) is 0 Å². The quantitative estimate of drug-likeness (QED) is 0.908. The minimum absolute atomic E-state index is 0.00481. The van der Waals surface area contributed by atoms with E-state index < -0.39 is 5.97 Å². The van der Waals surface area contributed by atoms with Crippen molar-refractivity contribution in [3.05, 3.63) is 59.9 Å². The van der Waals surface area contributed by atoms with Gasteiger partial charge in [0.05, 0.1) is 6.04 Å². The molecular formula is C16H19NO2. The van der Waals surface area contributed by atoms with E-state index in [0.717, 1.165) is 5.56 Å². The van der Waals surface area contributed by atoms with E-state index in [1.54, 1.807) is 12.1 Å². The van der Waals surface area contributed by atoms with E-state index in [9.17, 15) is 9.90 Å². The smallest absolute Gasteiger partial charge is 0.352 e. The van der Waals surface area contributed by atoms with Crippen molar-refractivity contribution >= 4 is 5.97 Å². The number of aromatic nitrogens is 1. The Kier molecular flexibility index (Phi) is 3.47. The van der Waals surface area contributed by atoms with Crippen LogP contribution >= 0.6 is 0 Å². The first kappa shape index (κ1) is 13.4. The van der Waals surface area contributed by atoms with Crippen molar-refractivity contribution in [3.8, 4) is 0 Å². The maximum atomic E-state index is 11.3. The molecule has 0 saturated heterocycles. The highest BCUT2D eigenvalue weighted by molar-refractivity contribution is 5.86. The van der Waals surface area contributed by atoms with E-state index >= 15 is 0 Å². The molecule has 100 valence electrons. The SMILES string of the molecule is CC(C)(C)C(c1ccccc1)n1cccc1C(=O)O. The Bertz CT molecular complexity index is 564. The lowest BCUT2D eigenvalue weighted by atomic mass is 9.82. The topological polar surface area (TPSA) is 42.2 Å². The van der Waals surface area contributed by atoms with Gasteiger partial charge in [0.2, 0.25) is 0 Å². The van der Waals surface area contributed by atoms with Crippen molar-refractivity contribution < 1.29 is 9.90 Å². The lowest BCUT2D eigenvalue weighted by molar-refractivity contribution is 0.0680. The van der Waals surface area contributed by atoms with Gasteiger partial charge in [0.15, 0.2) is 0 Å². The Balaban J connectivity index is 2.57. The van der Waals surface area contributed by atoms with Crippen LogP contribution in [-0.2, 0) is 0 Å². The summed E-state index contributed by atoms with van der Waals surface area (Å²) in [7, 11) is 0. The average Bonchev–Trinajstić information content (AvgIpc) is 2.77. The normalized spacial score (nSPS) is 13.2. The number of nitrogens with zero attached hydrogens (tertiary/aromatic N) is 1. The Morgan fingerprint density at radius 2 is 1.74 bits per heavy atom. The Hall–Kier alpha value is -2.03. The average molecular weight is 257 g/mol. The minimum Gasteiger partial charge on any atom is -0.477 e. The first-order chi connectivity index (χ1) is 8.91. The van der Waals surface area contributed by atoms with Crippen molar-refractivity contribution in [2.24, 2.45) is 5.41 Å². The Morgan fingerprint density at radius 1 is 1.11 bits per heavy atom. The molecule has 1 atom stereocenters. The summed E-state index contributed by atoms with van der Waals surface area (Å²) in [6.07, 6.45) is 1.84. The molecule has 3 heteroatoms. The molecule has 19 heavy (non-hydrogen) atoms. The highest BCUT2D eigenvalue weighted by Gasteiger charge is 2.29. The van der Waals surface area contributed by atoms with E-state index in [1.807, 2.05) is 41.1 Å². The molecule has 0 saturated carbocycles. The van der Waals surface area contributed by atoms with Crippen LogP contribution in [0.1, 0.15) is 42.9 Å². The third-order valence-electron chi connectivity index (χ3n) is 3.21. The van der Waals surface area contributed by atoms with Gasteiger partial charge in [-0.1, -0.05) is 51.1 Å². The van der Waals surface area contributed by atoms with Crippen LogP contribution in [0.5, 0.6) is 0 Å². The van der Waals surface area contributed by atoms with Gasteiger partial charge >= 0.3 is 5.97 Å². The predicted octanol–water partition coefficient (Wildman–Crippen LogP) is 3.82. The minimum atomic E-state index is -0.893. The van der Waals surface area contributed by atoms with E-state index in [1.165, 1.54) is 0 Å². The predicted molar refractivity (Wildman–Crippen MR) is 75.4 cm³/mol. The highest BCUT2D eigenvalue weighted by Crippen LogP contribution is 2.37. The molecule has 1 aromatic carbocycles. The number of carboxylic acids is 1. The van der Waals surface area contributed by atoms with Crippen molar-refractivity contribution in [3.63, 3.8) is 0 Å². The van der Waals surface area contributed by atoms with Crippen LogP contribution in [-0.4, -0.2) is 15.6 Å². The van der Waals surface area contributed by atoms with E-state index in [0.29, 0.717) is 5.69 Å². The molecule has 3 nitrogen and oxygen atoms in total. The molecule has 0 amide bonds. The van der Waals surface area contributed by atoms with E-state index in [4.69, 9.17) is 0 Å². The fraction of sp³-hybridized carbons (Fsp3) is 0.312. The molecule has 0 spiro atoms. The van der Waals surface area contributed by atoms with Crippen LogP contribution in [0.15, 0.2) is 48.7 Å². The van der Waals surface area contributed by atoms with Gasteiger partial charge < -0.3 is 9.67 Å². The molecule has 1 aromatic heterocycles. The first-order valence-corrected chi connectivity index (χ1v) is 6.36. The maximum absolute atomic E-state index is 11.3. The number of benzene rings is 1. The molecule has 0 aliphatic carbocycles. The van der Waals surface area contributed by atoms with Gasteiger partial charge in [0, 0.05) is 6.20 Å². The third-order valence-corrected chi connectivity index (χ3v) is 3.21. The van der Waals surface area contributed by atoms with Gasteiger partial charge in [-0.05, 0) is 23.1 Å². The van der Waals surface area contributed by atoms with Crippen LogP contribution in [0.3, 0.4) is 0 Å². The van der Waals surface area contributed by atoms with Gasteiger partial charge in [-0.2, -0.15) is 0 Å². The summed E-state index contributed by atoms with van der Waals surface area (Å²) in [6.45, 7) is 6.36. The van der Waals surface area contributed by atoms with Gasteiger partial charge in [-0.15, -0.1) is 0 Å². The summed E-state index contributed by atoms with van der Waals surface area (Å²) < 4.78 is 1.84. The summed E-state index contributed by atoms with van der Waals surface area (Å²) >= 11 is 0. The van der Waals surface area contributed by atoms with Gasteiger partial charge in [0.1, 0.15) is 5.69 Å². The molecule has 0 radical (unpaired) electrons. The van der Waals surface area contributed by atoms with Crippen molar-refractivity contribution in [2.75, 3.05) is 0 Å². The van der Waals surface area contributed by atoms with Crippen molar-refractivity contribution in [2.45, 2.75) is 26.8 Å². The zero-order chi connectivity index (χ0) is 14.0. The van der Waals surface area contributed by atoms with Crippen molar-refractivity contribution in [1.29, 1.82) is 0 Å². The molecule has 1 N–H and O–H groups in total. The number of rotatable bonds is 3. The van der Waals surface area contributed by atoms with Gasteiger partial charge in [-0.25, -0.2) is 4.79 Å². The summed E-state index contributed by atoms with van der Waals surface area (Å²) in [5, 5.41) is 9.30. The van der Waals surface area contributed by atoms with Crippen LogP contribution in [0, 0.1) is 5.41 Å². The molecule has 0 aliphatic rings. The van der Waals surface area contributed by atoms with Crippen molar-refractivity contribution in [1.82, 2.24) is 4.57 Å². The van der Waals surface area contributed by atoms with Gasteiger partial charge in [0.25, 0.3) is 0 Å². The van der Waals surface area contributed by atoms with Crippen LogP contribution in [0.4, 0.5) is 0 Å². The third kappa shape index (κ3) is 2.70. The molecule has 2 rings (SSSR count). The lowest BCUT2D eigenvalue weighted by Gasteiger charge is -2.33. The fourth-order valence-electron chi connectivity index (χ4n) is 2.51. The van der Waals surface area contributed by atoms with Gasteiger partial charge in [-0.3, -0.25) is 0 Å². The Morgan fingerprint density at radius 3 is 2.26 bits per heavy atom.